The molecular formula is C15H20N3+. The van der Waals surface area contributed by atoms with Crippen molar-refractivity contribution in [3.63, 3.8) is 0 Å². The average Bonchev–Trinajstić information content (AvgIpc) is 2.63. The number of benzene rings is 1. The molecule has 1 heterocycles. The van der Waals surface area contributed by atoms with Crippen molar-refractivity contribution in [2.24, 2.45) is 11.0 Å². The van der Waals surface area contributed by atoms with Gasteiger partial charge in [0, 0.05) is 18.4 Å². The molecule has 0 spiro atoms. The highest BCUT2D eigenvalue weighted by Crippen LogP contribution is 2.35. The fourth-order valence-electron chi connectivity index (χ4n) is 2.74. The van der Waals surface area contributed by atoms with Crippen LogP contribution in [0.2, 0.25) is 0 Å². The van der Waals surface area contributed by atoms with Crippen molar-refractivity contribution in [3.05, 3.63) is 29.8 Å². The molecule has 3 nitrogen and oxygen atoms in total. The number of rotatable bonds is 4. The number of hydrogen-bond acceptors (Lipinski definition) is 2. The van der Waals surface area contributed by atoms with E-state index in [9.17, 15) is 0 Å². The maximum atomic E-state index is 8.80. The molecule has 1 aliphatic heterocycles. The van der Waals surface area contributed by atoms with Crippen LogP contribution in [-0.2, 0) is 0 Å². The van der Waals surface area contributed by atoms with E-state index in [0.717, 1.165) is 13.0 Å². The quantitative estimate of drug-likeness (QED) is 0.746. The van der Waals surface area contributed by atoms with Crippen LogP contribution in [0.4, 0.5) is 5.69 Å². The lowest BCUT2D eigenvalue weighted by molar-refractivity contribution is 0.304. The molecule has 18 heavy (non-hydrogen) atoms. The van der Waals surface area contributed by atoms with E-state index >= 15 is 0 Å². The Morgan fingerprint density at radius 1 is 1.39 bits per heavy atom. The van der Waals surface area contributed by atoms with E-state index in [1.807, 2.05) is 0 Å². The molecule has 2 unspecified atom stereocenters. The first-order valence-electron chi connectivity index (χ1n) is 6.52. The summed E-state index contributed by atoms with van der Waals surface area (Å²) in [5, 5.41) is 13.7. The monoisotopic (exact) mass is 242 g/mol. The molecule has 94 valence electrons. The van der Waals surface area contributed by atoms with E-state index in [0.29, 0.717) is 16.9 Å². The zero-order valence-electron chi connectivity index (χ0n) is 11.3. The molecule has 1 aromatic carbocycles. The zero-order valence-corrected chi connectivity index (χ0v) is 11.3. The first-order valence-corrected chi connectivity index (χ1v) is 6.52. The summed E-state index contributed by atoms with van der Waals surface area (Å²) in [6.07, 6.45) is 1.55. The number of nitrogens with zero attached hydrogens (tertiary/aromatic N) is 3. The van der Waals surface area contributed by atoms with E-state index in [-0.39, 0.29) is 0 Å². The predicted molar refractivity (Wildman–Crippen MR) is 75.2 cm³/mol. The fraction of sp³-hybridized carbons (Fsp3) is 0.467. The van der Waals surface area contributed by atoms with Crippen LogP contribution in [0.3, 0.4) is 0 Å². The normalized spacial score (nSPS) is 23.1. The van der Waals surface area contributed by atoms with Crippen molar-refractivity contribution in [3.8, 4) is 6.07 Å². The summed E-state index contributed by atoms with van der Waals surface area (Å²) < 4.78 is 0.586. The van der Waals surface area contributed by atoms with Crippen molar-refractivity contribution in [1.82, 2.24) is 4.59 Å². The Hall–Kier alpha value is -1.66. The van der Waals surface area contributed by atoms with Gasteiger partial charge >= 0.3 is 0 Å². The van der Waals surface area contributed by atoms with E-state index in [1.54, 1.807) is 0 Å². The number of quaternary nitrogens is 1. The van der Waals surface area contributed by atoms with Crippen LogP contribution in [0.1, 0.15) is 32.3 Å². The summed E-state index contributed by atoms with van der Waals surface area (Å²) in [5.41, 5.74) is 3.71. The van der Waals surface area contributed by atoms with Gasteiger partial charge in [-0.15, -0.1) is 0 Å². The van der Waals surface area contributed by atoms with E-state index < -0.39 is 0 Å². The second kappa shape index (κ2) is 4.91. The van der Waals surface area contributed by atoms with Gasteiger partial charge in [0.15, 0.2) is 5.69 Å². The Morgan fingerprint density at radius 3 is 2.78 bits per heavy atom. The van der Waals surface area contributed by atoms with Gasteiger partial charge < -0.3 is 0 Å². The number of fused-ring (bicyclic) bond motifs is 1. The van der Waals surface area contributed by atoms with Crippen LogP contribution in [0.15, 0.2) is 29.4 Å². The summed E-state index contributed by atoms with van der Waals surface area (Å²) in [7, 11) is 2.13. The highest BCUT2D eigenvalue weighted by Gasteiger charge is 2.37. The molecule has 2 rings (SSSR count). The lowest BCUT2D eigenvalue weighted by Gasteiger charge is -2.26. The predicted octanol–water partition coefficient (Wildman–Crippen LogP) is 3.30. The molecule has 0 aromatic heterocycles. The first-order chi connectivity index (χ1) is 8.60. The summed E-state index contributed by atoms with van der Waals surface area (Å²) >= 11 is 0. The Balaban J connectivity index is 2.34. The molecule has 0 saturated carbocycles. The minimum Gasteiger partial charge on any atom is -0.198 e. The molecule has 0 fully saturated rings. The fourth-order valence-corrected chi connectivity index (χ4v) is 2.74. The molecule has 1 aromatic rings. The number of para-hydroxylation sites is 1. The molecule has 0 aliphatic carbocycles. The SMILES string of the molecule is CCC1=N[N+](C)(CC(C)CC#N)c2ccccc21. The molecule has 0 saturated heterocycles. The molecule has 0 radical (unpaired) electrons. The molecular weight excluding hydrogens is 222 g/mol. The van der Waals surface area contributed by atoms with E-state index in [1.165, 1.54) is 17.0 Å². The second-order valence-electron chi connectivity index (χ2n) is 5.21. The Morgan fingerprint density at radius 2 is 2.11 bits per heavy atom. The van der Waals surface area contributed by atoms with Gasteiger partial charge in [0.25, 0.3) is 0 Å². The molecule has 0 bridgehead atoms. The third-order valence-corrected chi connectivity index (χ3v) is 3.52. The lowest BCUT2D eigenvalue weighted by atomic mass is 10.0. The topological polar surface area (TPSA) is 36.1 Å². The van der Waals surface area contributed by atoms with Gasteiger partial charge in [0.2, 0.25) is 0 Å². The van der Waals surface area contributed by atoms with E-state index in [2.05, 4.69) is 51.2 Å². The average molecular weight is 242 g/mol. The summed E-state index contributed by atoms with van der Waals surface area (Å²) in [6.45, 7) is 5.15. The van der Waals surface area contributed by atoms with Gasteiger partial charge in [-0.25, -0.2) is 0 Å². The second-order valence-corrected chi connectivity index (χ2v) is 5.21. The molecule has 1 aliphatic rings. The van der Waals surface area contributed by atoms with Crippen LogP contribution in [0, 0.1) is 17.2 Å². The van der Waals surface area contributed by atoms with Crippen molar-refractivity contribution in [1.29, 1.82) is 5.26 Å². The van der Waals surface area contributed by atoms with Crippen molar-refractivity contribution < 1.29 is 0 Å². The minimum absolute atomic E-state index is 0.355. The highest BCUT2D eigenvalue weighted by molar-refractivity contribution is 6.07. The smallest absolute Gasteiger partial charge is 0.168 e. The third-order valence-electron chi connectivity index (χ3n) is 3.52. The van der Waals surface area contributed by atoms with Crippen molar-refractivity contribution in [2.75, 3.05) is 13.6 Å². The summed E-state index contributed by atoms with van der Waals surface area (Å²) in [5.74, 6) is 0.355. The van der Waals surface area contributed by atoms with Crippen molar-refractivity contribution >= 4 is 11.4 Å². The van der Waals surface area contributed by atoms with Crippen LogP contribution >= 0.6 is 0 Å². The largest absolute Gasteiger partial charge is 0.198 e. The Bertz CT molecular complexity index is 513. The standard InChI is InChI=1S/C15H20N3/c1-4-14-13-7-5-6-8-15(13)18(3,17-14)11-12(2)9-10-16/h5-8,12H,4,9,11H2,1-3H3/q+1. The van der Waals surface area contributed by atoms with Gasteiger partial charge in [-0.1, -0.05) is 31.1 Å². The number of hydrogen-bond donors (Lipinski definition) is 0. The van der Waals surface area contributed by atoms with Gasteiger partial charge in [0.05, 0.1) is 18.7 Å². The van der Waals surface area contributed by atoms with Crippen LogP contribution < -0.4 is 4.59 Å². The van der Waals surface area contributed by atoms with Gasteiger partial charge in [-0.2, -0.15) is 9.85 Å². The maximum absolute atomic E-state index is 8.80. The van der Waals surface area contributed by atoms with Gasteiger partial charge in [-0.3, -0.25) is 0 Å². The number of nitriles is 1. The molecule has 0 N–H and O–H groups in total. The van der Waals surface area contributed by atoms with E-state index in [4.69, 9.17) is 10.4 Å². The zero-order chi connectivity index (χ0) is 13.2. The Kier molecular flexibility index (Phi) is 3.49. The molecule has 0 amide bonds. The first kappa shape index (κ1) is 12.8. The van der Waals surface area contributed by atoms with Gasteiger partial charge in [0.1, 0.15) is 12.3 Å². The maximum Gasteiger partial charge on any atom is 0.168 e. The molecule has 3 heteroatoms. The summed E-state index contributed by atoms with van der Waals surface area (Å²) in [6, 6.07) is 10.7. The minimum atomic E-state index is 0.355. The summed E-state index contributed by atoms with van der Waals surface area (Å²) in [4.78, 5) is 0. The van der Waals surface area contributed by atoms with Crippen LogP contribution in [0.5, 0.6) is 0 Å². The third kappa shape index (κ3) is 2.16. The van der Waals surface area contributed by atoms with Gasteiger partial charge in [-0.05, 0) is 12.5 Å². The lowest BCUT2D eigenvalue weighted by Crippen LogP contribution is -2.41. The van der Waals surface area contributed by atoms with Crippen LogP contribution in [0.25, 0.3) is 0 Å². The highest BCUT2D eigenvalue weighted by atomic mass is 15.6. The van der Waals surface area contributed by atoms with Crippen LogP contribution in [-0.4, -0.2) is 19.3 Å². The Labute approximate surface area is 109 Å². The molecule has 2 atom stereocenters. The van der Waals surface area contributed by atoms with Crippen molar-refractivity contribution in [2.45, 2.75) is 26.7 Å².